The summed E-state index contributed by atoms with van der Waals surface area (Å²) < 4.78 is 10.4. The van der Waals surface area contributed by atoms with E-state index < -0.39 is 12.2 Å². The third-order valence-electron chi connectivity index (χ3n) is 2.79. The van der Waals surface area contributed by atoms with Gasteiger partial charge in [0.25, 0.3) is 0 Å². The van der Waals surface area contributed by atoms with Crippen LogP contribution in [0.5, 0.6) is 5.75 Å². The molecule has 0 spiro atoms. The van der Waals surface area contributed by atoms with Gasteiger partial charge in [0.15, 0.2) is 0 Å². The quantitative estimate of drug-likeness (QED) is 0.633. The predicted molar refractivity (Wildman–Crippen MR) is 77.9 cm³/mol. The van der Waals surface area contributed by atoms with Gasteiger partial charge in [-0.3, -0.25) is 0 Å². The normalized spacial score (nSPS) is 14.3. The summed E-state index contributed by atoms with van der Waals surface area (Å²) in [5.74, 6) is 0.668. The van der Waals surface area contributed by atoms with Crippen LogP contribution in [0, 0.1) is 0 Å². The molecule has 3 N–H and O–H groups in total. The summed E-state index contributed by atoms with van der Waals surface area (Å²) in [6.07, 6.45) is -1.17. The summed E-state index contributed by atoms with van der Waals surface area (Å²) in [5, 5.41) is 22.6. The number of aliphatic hydroxyl groups is 2. The van der Waals surface area contributed by atoms with E-state index in [9.17, 15) is 10.2 Å². The molecule has 0 bridgehead atoms. The molecular weight excluding hydrogens is 258 g/mol. The third kappa shape index (κ3) is 6.34. The summed E-state index contributed by atoms with van der Waals surface area (Å²) in [5.41, 5.74) is 0.779. The predicted octanol–water partition coefficient (Wildman–Crippen LogP) is 1.10. The van der Waals surface area contributed by atoms with Crippen LogP contribution in [0.15, 0.2) is 24.3 Å². The zero-order valence-corrected chi connectivity index (χ0v) is 12.4. The molecule has 1 aromatic carbocycles. The highest BCUT2D eigenvalue weighted by Gasteiger charge is 2.08. The molecule has 114 valence electrons. The summed E-state index contributed by atoms with van der Waals surface area (Å²) in [7, 11) is 1.55. The molecule has 0 unspecified atom stereocenters. The van der Waals surface area contributed by atoms with Crippen LogP contribution in [0.4, 0.5) is 0 Å². The van der Waals surface area contributed by atoms with E-state index in [1.54, 1.807) is 31.4 Å². The minimum absolute atomic E-state index is 0.236. The molecule has 0 radical (unpaired) electrons. The van der Waals surface area contributed by atoms with Crippen molar-refractivity contribution in [2.24, 2.45) is 0 Å². The van der Waals surface area contributed by atoms with Gasteiger partial charge in [-0.1, -0.05) is 26.0 Å². The van der Waals surface area contributed by atoms with Gasteiger partial charge in [-0.2, -0.15) is 0 Å². The molecule has 0 heterocycles. The van der Waals surface area contributed by atoms with Crippen LogP contribution < -0.4 is 10.1 Å². The van der Waals surface area contributed by atoms with Gasteiger partial charge in [0.05, 0.1) is 6.61 Å². The van der Waals surface area contributed by atoms with E-state index in [1.165, 1.54) is 0 Å². The van der Waals surface area contributed by atoms with Crippen molar-refractivity contribution >= 4 is 0 Å². The number of methoxy groups -OCH3 is 1. The van der Waals surface area contributed by atoms with Crippen molar-refractivity contribution in [2.75, 3.05) is 26.9 Å². The molecule has 2 atom stereocenters. The standard InChI is InChI=1S/C15H25NO4/c1-11(2)16-8-13(17)9-20-14-6-4-12(5-7-14)15(18)10-19-3/h4-7,11,13,15-18H,8-10H2,1-3H3/t13-,15+/m1/s1. The molecule has 0 saturated carbocycles. The maximum atomic E-state index is 9.74. The van der Waals surface area contributed by atoms with E-state index in [0.29, 0.717) is 18.3 Å². The number of hydrogen-bond donors (Lipinski definition) is 3. The smallest absolute Gasteiger partial charge is 0.119 e. The second kappa shape index (κ2) is 8.92. The third-order valence-corrected chi connectivity index (χ3v) is 2.79. The largest absolute Gasteiger partial charge is 0.491 e. The first-order chi connectivity index (χ1) is 9.52. The van der Waals surface area contributed by atoms with Crippen molar-refractivity contribution in [3.63, 3.8) is 0 Å². The summed E-state index contributed by atoms with van der Waals surface area (Å²) in [6, 6.07) is 7.47. The lowest BCUT2D eigenvalue weighted by atomic mass is 10.1. The lowest BCUT2D eigenvalue weighted by Crippen LogP contribution is -2.35. The van der Waals surface area contributed by atoms with Crippen molar-refractivity contribution in [2.45, 2.75) is 32.1 Å². The summed E-state index contributed by atoms with van der Waals surface area (Å²) in [4.78, 5) is 0. The van der Waals surface area contributed by atoms with Gasteiger partial charge in [0.2, 0.25) is 0 Å². The molecule has 1 rings (SSSR count). The van der Waals surface area contributed by atoms with Gasteiger partial charge in [0, 0.05) is 19.7 Å². The molecule has 5 heteroatoms. The first-order valence-electron chi connectivity index (χ1n) is 6.84. The van der Waals surface area contributed by atoms with Gasteiger partial charge in [-0.25, -0.2) is 0 Å². The maximum Gasteiger partial charge on any atom is 0.119 e. The van der Waals surface area contributed by atoms with Gasteiger partial charge in [-0.05, 0) is 17.7 Å². The Morgan fingerprint density at radius 1 is 1.10 bits per heavy atom. The van der Waals surface area contributed by atoms with Gasteiger partial charge >= 0.3 is 0 Å². The summed E-state index contributed by atoms with van der Waals surface area (Å²) in [6.45, 7) is 5.05. The molecule has 0 aromatic heterocycles. The summed E-state index contributed by atoms with van der Waals surface area (Å²) >= 11 is 0. The molecule has 0 amide bonds. The minimum Gasteiger partial charge on any atom is -0.491 e. The molecule has 0 fully saturated rings. The van der Waals surface area contributed by atoms with Crippen molar-refractivity contribution < 1.29 is 19.7 Å². The Morgan fingerprint density at radius 2 is 1.75 bits per heavy atom. The molecule has 0 saturated heterocycles. The van der Waals surface area contributed by atoms with E-state index in [-0.39, 0.29) is 13.2 Å². The zero-order valence-electron chi connectivity index (χ0n) is 12.4. The number of nitrogens with one attached hydrogen (secondary N) is 1. The van der Waals surface area contributed by atoms with Crippen LogP contribution in [0.2, 0.25) is 0 Å². The van der Waals surface area contributed by atoms with Crippen molar-refractivity contribution in [1.29, 1.82) is 0 Å². The molecule has 0 aliphatic rings. The van der Waals surface area contributed by atoms with E-state index >= 15 is 0 Å². The lowest BCUT2D eigenvalue weighted by Gasteiger charge is -2.15. The first-order valence-corrected chi connectivity index (χ1v) is 6.84. The molecule has 0 aliphatic heterocycles. The van der Waals surface area contributed by atoms with Crippen LogP contribution in [0.3, 0.4) is 0 Å². The lowest BCUT2D eigenvalue weighted by molar-refractivity contribution is 0.0643. The Labute approximate surface area is 120 Å². The highest BCUT2D eigenvalue weighted by atomic mass is 16.5. The fourth-order valence-corrected chi connectivity index (χ4v) is 1.66. The monoisotopic (exact) mass is 283 g/mol. The van der Waals surface area contributed by atoms with Gasteiger partial charge in [0.1, 0.15) is 24.6 Å². The Balaban J connectivity index is 2.37. The second-order valence-corrected chi connectivity index (χ2v) is 5.07. The Hall–Kier alpha value is -1.14. The molecule has 20 heavy (non-hydrogen) atoms. The Bertz CT molecular complexity index is 367. The van der Waals surface area contributed by atoms with Crippen LogP contribution >= 0.6 is 0 Å². The maximum absolute atomic E-state index is 9.74. The van der Waals surface area contributed by atoms with E-state index in [2.05, 4.69) is 5.32 Å². The van der Waals surface area contributed by atoms with Gasteiger partial charge < -0.3 is 25.0 Å². The number of rotatable bonds is 9. The van der Waals surface area contributed by atoms with E-state index in [0.717, 1.165) is 5.56 Å². The highest BCUT2D eigenvalue weighted by molar-refractivity contribution is 5.28. The van der Waals surface area contributed by atoms with Crippen LogP contribution in [-0.2, 0) is 4.74 Å². The fourth-order valence-electron chi connectivity index (χ4n) is 1.66. The molecular formula is C15H25NO4. The van der Waals surface area contributed by atoms with Crippen LogP contribution in [0.25, 0.3) is 0 Å². The SMILES string of the molecule is COC[C@H](O)c1ccc(OC[C@H](O)CNC(C)C)cc1. The zero-order chi connectivity index (χ0) is 15.0. The average Bonchev–Trinajstić information content (AvgIpc) is 2.43. The molecule has 0 aliphatic carbocycles. The topological polar surface area (TPSA) is 71.0 Å². The van der Waals surface area contributed by atoms with E-state index in [4.69, 9.17) is 9.47 Å². The van der Waals surface area contributed by atoms with Crippen LogP contribution in [0.1, 0.15) is 25.5 Å². The second-order valence-electron chi connectivity index (χ2n) is 5.07. The fraction of sp³-hybridized carbons (Fsp3) is 0.600. The Morgan fingerprint density at radius 3 is 2.30 bits per heavy atom. The van der Waals surface area contributed by atoms with Crippen molar-refractivity contribution in [3.05, 3.63) is 29.8 Å². The minimum atomic E-state index is -0.630. The van der Waals surface area contributed by atoms with Gasteiger partial charge in [-0.15, -0.1) is 0 Å². The van der Waals surface area contributed by atoms with Crippen LogP contribution in [-0.4, -0.2) is 49.2 Å². The number of hydrogen-bond acceptors (Lipinski definition) is 5. The highest BCUT2D eigenvalue weighted by Crippen LogP contribution is 2.18. The number of benzene rings is 1. The van der Waals surface area contributed by atoms with Crippen molar-refractivity contribution in [1.82, 2.24) is 5.32 Å². The Kier molecular flexibility index (Phi) is 7.54. The van der Waals surface area contributed by atoms with E-state index in [1.807, 2.05) is 13.8 Å². The molecule has 1 aromatic rings. The average molecular weight is 283 g/mol. The number of ether oxygens (including phenoxy) is 2. The first kappa shape index (κ1) is 16.9. The molecule has 5 nitrogen and oxygen atoms in total. The van der Waals surface area contributed by atoms with Crippen molar-refractivity contribution in [3.8, 4) is 5.75 Å². The number of aliphatic hydroxyl groups excluding tert-OH is 2.